The van der Waals surface area contributed by atoms with Crippen LogP contribution in [0.3, 0.4) is 0 Å². The van der Waals surface area contributed by atoms with Crippen LogP contribution < -0.4 is 10.1 Å². The van der Waals surface area contributed by atoms with Gasteiger partial charge in [0.1, 0.15) is 11.8 Å². The minimum atomic E-state index is -0.511. The number of hydrogen-bond donors (Lipinski definition) is 1. The minimum Gasteiger partial charge on any atom is -0.497 e. The number of nitrogens with zero attached hydrogens (tertiary/aromatic N) is 1. The first-order valence-corrected chi connectivity index (χ1v) is 8.15. The van der Waals surface area contributed by atoms with Crippen molar-refractivity contribution < 1.29 is 14.3 Å². The van der Waals surface area contributed by atoms with Gasteiger partial charge in [-0.05, 0) is 38.0 Å². The third-order valence-corrected chi connectivity index (χ3v) is 3.96. The van der Waals surface area contributed by atoms with E-state index in [1.165, 1.54) is 0 Å². The molecular formula is C18H28N2O3. The smallest absolute Gasteiger partial charge is 0.242 e. The van der Waals surface area contributed by atoms with E-state index >= 15 is 0 Å². The average molecular weight is 320 g/mol. The number of ether oxygens (including phenoxy) is 1. The van der Waals surface area contributed by atoms with Gasteiger partial charge in [-0.1, -0.05) is 26.0 Å². The molecule has 5 nitrogen and oxygen atoms in total. The van der Waals surface area contributed by atoms with Crippen molar-refractivity contribution in [3.63, 3.8) is 0 Å². The van der Waals surface area contributed by atoms with E-state index in [0.717, 1.165) is 17.7 Å². The maximum absolute atomic E-state index is 12.4. The maximum Gasteiger partial charge on any atom is 0.242 e. The minimum absolute atomic E-state index is 0.0420. The molecule has 0 spiro atoms. The summed E-state index contributed by atoms with van der Waals surface area (Å²) in [4.78, 5) is 26.3. The molecule has 0 heterocycles. The molecular weight excluding hydrogens is 292 g/mol. The van der Waals surface area contributed by atoms with Crippen LogP contribution in [0.25, 0.3) is 0 Å². The van der Waals surface area contributed by atoms with Gasteiger partial charge >= 0.3 is 0 Å². The lowest BCUT2D eigenvalue weighted by molar-refractivity contribution is -0.140. The van der Waals surface area contributed by atoms with Crippen molar-refractivity contribution >= 4 is 11.8 Å². The van der Waals surface area contributed by atoms with Crippen LogP contribution in [0, 0.1) is 0 Å². The largest absolute Gasteiger partial charge is 0.497 e. The Bertz CT molecular complexity index is 531. The first-order chi connectivity index (χ1) is 10.9. The van der Waals surface area contributed by atoms with Gasteiger partial charge in [0.2, 0.25) is 11.8 Å². The van der Waals surface area contributed by atoms with Crippen LogP contribution >= 0.6 is 0 Å². The lowest BCUT2D eigenvalue weighted by Gasteiger charge is -2.29. The van der Waals surface area contributed by atoms with Crippen molar-refractivity contribution in [2.24, 2.45) is 0 Å². The first-order valence-electron chi connectivity index (χ1n) is 8.15. The average Bonchev–Trinajstić information content (AvgIpc) is 2.58. The van der Waals surface area contributed by atoms with Crippen LogP contribution in [0.4, 0.5) is 0 Å². The molecule has 0 aromatic heterocycles. The molecule has 5 heteroatoms. The van der Waals surface area contributed by atoms with Gasteiger partial charge in [-0.15, -0.1) is 0 Å². The summed E-state index contributed by atoms with van der Waals surface area (Å²) in [5, 5.41) is 2.94. The Labute approximate surface area is 139 Å². The number of nitrogens with one attached hydrogen (secondary N) is 1. The fourth-order valence-electron chi connectivity index (χ4n) is 2.22. The summed E-state index contributed by atoms with van der Waals surface area (Å²) >= 11 is 0. The Balaban J connectivity index is 2.91. The SMILES string of the molecule is CCC(=O)N(Cc1cccc(OC)c1)[C@@H](C)C(=O)N[C@@H](C)CC. The molecule has 0 aliphatic heterocycles. The molecule has 128 valence electrons. The van der Waals surface area contributed by atoms with Crippen LogP contribution in [-0.2, 0) is 16.1 Å². The summed E-state index contributed by atoms with van der Waals surface area (Å²) in [6, 6.07) is 7.14. The Hall–Kier alpha value is -2.04. The molecule has 1 rings (SSSR count). The Morgan fingerprint density at radius 1 is 1.26 bits per heavy atom. The number of carbonyl (C=O) groups is 2. The van der Waals surface area contributed by atoms with Crippen LogP contribution in [0.1, 0.15) is 46.1 Å². The number of rotatable bonds is 8. The summed E-state index contributed by atoms with van der Waals surface area (Å²) in [7, 11) is 1.61. The van der Waals surface area contributed by atoms with Crippen molar-refractivity contribution in [3.8, 4) is 5.75 Å². The molecule has 23 heavy (non-hydrogen) atoms. The van der Waals surface area contributed by atoms with Crippen molar-refractivity contribution in [1.29, 1.82) is 0 Å². The van der Waals surface area contributed by atoms with Crippen molar-refractivity contribution in [3.05, 3.63) is 29.8 Å². The second-order valence-corrected chi connectivity index (χ2v) is 5.72. The molecule has 0 unspecified atom stereocenters. The number of hydrogen-bond acceptors (Lipinski definition) is 3. The van der Waals surface area contributed by atoms with Gasteiger partial charge in [0.15, 0.2) is 0 Å². The van der Waals surface area contributed by atoms with E-state index in [1.54, 1.807) is 25.9 Å². The van der Waals surface area contributed by atoms with Crippen LogP contribution in [0.5, 0.6) is 5.75 Å². The van der Waals surface area contributed by atoms with Crippen molar-refractivity contribution in [2.75, 3.05) is 7.11 Å². The van der Waals surface area contributed by atoms with Gasteiger partial charge in [-0.2, -0.15) is 0 Å². The molecule has 1 aromatic rings. The predicted octanol–water partition coefficient (Wildman–Crippen LogP) is 2.74. The normalized spacial score (nSPS) is 13.1. The zero-order chi connectivity index (χ0) is 17.4. The summed E-state index contributed by atoms with van der Waals surface area (Å²) in [5.74, 6) is 0.576. The molecule has 2 amide bonds. The zero-order valence-electron chi connectivity index (χ0n) is 14.8. The fraction of sp³-hybridized carbons (Fsp3) is 0.556. The summed E-state index contributed by atoms with van der Waals surface area (Å²) in [5.41, 5.74) is 0.939. The molecule has 1 aromatic carbocycles. The Morgan fingerprint density at radius 3 is 2.52 bits per heavy atom. The zero-order valence-corrected chi connectivity index (χ0v) is 14.8. The monoisotopic (exact) mass is 320 g/mol. The van der Waals surface area contributed by atoms with E-state index in [1.807, 2.05) is 38.1 Å². The highest BCUT2D eigenvalue weighted by Crippen LogP contribution is 2.16. The van der Waals surface area contributed by atoms with E-state index in [0.29, 0.717) is 13.0 Å². The number of methoxy groups -OCH3 is 1. The number of carbonyl (C=O) groups excluding carboxylic acids is 2. The van der Waals surface area contributed by atoms with Gasteiger partial charge in [-0.3, -0.25) is 9.59 Å². The maximum atomic E-state index is 12.4. The standard InChI is InChI=1S/C18H28N2O3/c1-6-13(3)19-18(22)14(4)20(17(21)7-2)12-15-9-8-10-16(11-15)23-5/h8-11,13-14H,6-7,12H2,1-5H3,(H,19,22)/t13-,14-/m0/s1. The van der Waals surface area contributed by atoms with E-state index < -0.39 is 6.04 Å². The highest BCUT2D eigenvalue weighted by atomic mass is 16.5. The summed E-state index contributed by atoms with van der Waals surface area (Å²) < 4.78 is 5.22. The lowest BCUT2D eigenvalue weighted by atomic mass is 10.1. The van der Waals surface area contributed by atoms with E-state index in [2.05, 4.69) is 5.32 Å². The number of amides is 2. The first kappa shape index (κ1) is 19.0. The molecule has 0 aliphatic carbocycles. The van der Waals surface area contributed by atoms with E-state index in [4.69, 9.17) is 4.74 Å². The topological polar surface area (TPSA) is 58.6 Å². The van der Waals surface area contributed by atoms with Crippen LogP contribution in [0.15, 0.2) is 24.3 Å². The predicted molar refractivity (Wildman–Crippen MR) is 91.2 cm³/mol. The Morgan fingerprint density at radius 2 is 1.96 bits per heavy atom. The highest BCUT2D eigenvalue weighted by Gasteiger charge is 2.25. The summed E-state index contributed by atoms with van der Waals surface area (Å²) in [6.45, 7) is 7.93. The van der Waals surface area contributed by atoms with Gasteiger partial charge in [0.05, 0.1) is 7.11 Å². The molecule has 0 bridgehead atoms. The van der Waals surface area contributed by atoms with Gasteiger partial charge < -0.3 is 15.0 Å². The lowest BCUT2D eigenvalue weighted by Crippen LogP contribution is -2.49. The van der Waals surface area contributed by atoms with Crippen LogP contribution in [-0.4, -0.2) is 35.9 Å². The Kier molecular flexibility index (Phi) is 7.59. The van der Waals surface area contributed by atoms with E-state index in [-0.39, 0.29) is 17.9 Å². The van der Waals surface area contributed by atoms with Crippen molar-refractivity contribution in [1.82, 2.24) is 10.2 Å². The summed E-state index contributed by atoms with van der Waals surface area (Å²) in [6.07, 6.45) is 1.22. The fourth-order valence-corrected chi connectivity index (χ4v) is 2.22. The molecule has 1 N–H and O–H groups in total. The third-order valence-electron chi connectivity index (χ3n) is 3.96. The molecule has 0 saturated heterocycles. The van der Waals surface area contributed by atoms with Gasteiger partial charge in [0, 0.05) is 19.0 Å². The quantitative estimate of drug-likeness (QED) is 0.801. The van der Waals surface area contributed by atoms with Crippen molar-refractivity contribution in [2.45, 2.75) is 59.2 Å². The molecule has 0 saturated carbocycles. The van der Waals surface area contributed by atoms with E-state index in [9.17, 15) is 9.59 Å². The molecule has 2 atom stereocenters. The molecule has 0 fully saturated rings. The number of benzene rings is 1. The second-order valence-electron chi connectivity index (χ2n) is 5.72. The molecule has 0 aliphatic rings. The van der Waals surface area contributed by atoms with Gasteiger partial charge in [-0.25, -0.2) is 0 Å². The van der Waals surface area contributed by atoms with Gasteiger partial charge in [0.25, 0.3) is 0 Å². The third kappa shape index (κ3) is 5.58. The second kappa shape index (κ2) is 9.18. The highest BCUT2D eigenvalue weighted by molar-refractivity contribution is 5.87. The molecule has 0 radical (unpaired) electrons. The van der Waals surface area contributed by atoms with Crippen LogP contribution in [0.2, 0.25) is 0 Å².